The number of carbonyl (C=O) groups is 1. The molecule has 20 heavy (non-hydrogen) atoms. The minimum atomic E-state index is -2.22. The Labute approximate surface area is 144 Å². The Kier molecular flexibility index (Phi) is 7.12. The molecular weight excluding hydrogens is 393 g/mol. The molecule has 0 heterocycles. The van der Waals surface area contributed by atoms with Gasteiger partial charge in [-0.25, -0.2) is 4.79 Å². The standard InChI is InChI=1S/C10H6Cl6N2O2/c11-1-2-20-9(19)10(15,16)18-17-8-6(13)3-5(12)4-7(8)14/h3-4H,1-2H2/b18-17+. The second-order valence-electron chi connectivity index (χ2n) is 3.28. The maximum atomic E-state index is 11.5. The van der Waals surface area contributed by atoms with Gasteiger partial charge in [0, 0.05) is 5.02 Å². The van der Waals surface area contributed by atoms with Crippen molar-refractivity contribution in [1.29, 1.82) is 0 Å². The molecule has 0 amide bonds. The Hall–Kier alpha value is 0.0300. The fraction of sp³-hybridized carbons (Fsp3) is 0.300. The van der Waals surface area contributed by atoms with Crippen molar-refractivity contribution in [2.45, 2.75) is 4.46 Å². The van der Waals surface area contributed by atoms with Gasteiger partial charge in [0.2, 0.25) is 0 Å². The third kappa shape index (κ3) is 5.10. The van der Waals surface area contributed by atoms with E-state index in [4.69, 9.17) is 69.6 Å². The topological polar surface area (TPSA) is 51.0 Å². The second-order valence-corrected chi connectivity index (χ2v) is 6.20. The second kappa shape index (κ2) is 7.87. The van der Waals surface area contributed by atoms with E-state index >= 15 is 0 Å². The number of carbonyl (C=O) groups excluding carboxylic acids is 1. The van der Waals surface area contributed by atoms with Crippen molar-refractivity contribution in [1.82, 2.24) is 0 Å². The predicted octanol–water partition coefficient (Wildman–Crippen LogP) is 5.64. The highest BCUT2D eigenvalue weighted by molar-refractivity contribution is 6.57. The molecule has 0 N–H and O–H groups in total. The van der Waals surface area contributed by atoms with Crippen LogP contribution in [0, 0.1) is 0 Å². The van der Waals surface area contributed by atoms with E-state index in [9.17, 15) is 4.79 Å². The summed E-state index contributed by atoms with van der Waals surface area (Å²) in [5, 5.41) is 7.69. The molecule has 0 aliphatic rings. The minimum absolute atomic E-state index is 0.0560. The average molecular weight is 399 g/mol. The van der Waals surface area contributed by atoms with Crippen LogP contribution in [0.4, 0.5) is 5.69 Å². The van der Waals surface area contributed by atoms with E-state index in [2.05, 4.69) is 15.0 Å². The molecule has 0 aliphatic heterocycles. The molecule has 0 aromatic heterocycles. The summed E-state index contributed by atoms with van der Waals surface area (Å²) in [4.78, 5) is 11.5. The number of nitrogens with zero attached hydrogens (tertiary/aromatic N) is 2. The van der Waals surface area contributed by atoms with E-state index in [1.165, 1.54) is 12.1 Å². The van der Waals surface area contributed by atoms with Gasteiger partial charge in [0.25, 0.3) is 0 Å². The monoisotopic (exact) mass is 396 g/mol. The Morgan fingerprint density at radius 1 is 1.20 bits per heavy atom. The molecule has 1 rings (SSSR count). The van der Waals surface area contributed by atoms with Gasteiger partial charge in [0.1, 0.15) is 12.3 Å². The first-order valence-electron chi connectivity index (χ1n) is 4.96. The zero-order valence-electron chi connectivity index (χ0n) is 9.55. The fourth-order valence-electron chi connectivity index (χ4n) is 1.00. The highest BCUT2D eigenvalue weighted by Crippen LogP contribution is 2.37. The number of hydrogen-bond donors (Lipinski definition) is 0. The van der Waals surface area contributed by atoms with Crippen LogP contribution in [-0.4, -0.2) is 22.9 Å². The van der Waals surface area contributed by atoms with Crippen LogP contribution in [0.1, 0.15) is 0 Å². The molecule has 1 aromatic carbocycles. The van der Waals surface area contributed by atoms with E-state index in [1.807, 2.05) is 0 Å². The van der Waals surface area contributed by atoms with Gasteiger partial charge in [-0.3, -0.25) is 0 Å². The summed E-state index contributed by atoms with van der Waals surface area (Å²) >= 11 is 34.2. The van der Waals surface area contributed by atoms with Crippen molar-refractivity contribution in [2.75, 3.05) is 12.5 Å². The van der Waals surface area contributed by atoms with Crippen molar-refractivity contribution in [3.8, 4) is 0 Å². The van der Waals surface area contributed by atoms with Crippen LogP contribution in [0.15, 0.2) is 22.4 Å². The normalized spacial score (nSPS) is 11.9. The number of hydrogen-bond acceptors (Lipinski definition) is 4. The largest absolute Gasteiger partial charge is 0.461 e. The summed E-state index contributed by atoms with van der Waals surface area (Å²) in [6.07, 6.45) is 0. The zero-order chi connectivity index (χ0) is 15.3. The van der Waals surface area contributed by atoms with E-state index in [0.29, 0.717) is 5.02 Å². The molecule has 0 saturated carbocycles. The first-order chi connectivity index (χ1) is 9.27. The summed E-state index contributed by atoms with van der Waals surface area (Å²) in [6.45, 7) is -0.0560. The van der Waals surface area contributed by atoms with E-state index in [-0.39, 0.29) is 28.2 Å². The highest BCUT2D eigenvalue weighted by atomic mass is 35.5. The van der Waals surface area contributed by atoms with Gasteiger partial charge in [0.15, 0.2) is 0 Å². The summed E-state index contributed by atoms with van der Waals surface area (Å²) in [7, 11) is 0. The lowest BCUT2D eigenvalue weighted by atomic mass is 10.3. The Balaban J connectivity index is 2.94. The molecule has 0 fully saturated rings. The van der Waals surface area contributed by atoms with Crippen molar-refractivity contribution in [2.24, 2.45) is 10.2 Å². The third-order valence-electron chi connectivity index (χ3n) is 1.81. The van der Waals surface area contributed by atoms with Crippen LogP contribution < -0.4 is 0 Å². The predicted molar refractivity (Wildman–Crippen MR) is 82.1 cm³/mol. The van der Waals surface area contributed by atoms with Crippen LogP contribution in [0.25, 0.3) is 0 Å². The van der Waals surface area contributed by atoms with Crippen LogP contribution in [0.2, 0.25) is 15.1 Å². The zero-order valence-corrected chi connectivity index (χ0v) is 14.1. The molecule has 0 saturated heterocycles. The van der Waals surface area contributed by atoms with E-state index in [0.717, 1.165) is 0 Å². The number of rotatable bonds is 5. The number of halogens is 6. The summed E-state index contributed by atoms with van der Waals surface area (Å²) in [6, 6.07) is 2.80. The van der Waals surface area contributed by atoms with Gasteiger partial charge in [0.05, 0.1) is 15.9 Å². The smallest absolute Gasteiger partial charge is 0.367 e. The average Bonchev–Trinajstić information content (AvgIpc) is 2.34. The molecule has 0 radical (unpaired) electrons. The highest BCUT2D eigenvalue weighted by Gasteiger charge is 2.36. The molecular formula is C10H6Cl6N2O2. The maximum Gasteiger partial charge on any atom is 0.367 e. The van der Waals surface area contributed by atoms with Gasteiger partial charge in [-0.1, -0.05) is 58.0 Å². The first-order valence-corrected chi connectivity index (χ1v) is 7.39. The summed E-state index contributed by atoms with van der Waals surface area (Å²) < 4.78 is 2.42. The molecule has 0 bridgehead atoms. The Morgan fingerprint density at radius 3 is 2.25 bits per heavy atom. The number of azo groups is 1. The molecule has 110 valence electrons. The molecule has 0 spiro atoms. The van der Waals surface area contributed by atoms with Crippen LogP contribution in [-0.2, 0) is 9.53 Å². The van der Waals surface area contributed by atoms with Gasteiger partial charge in [-0.2, -0.15) is 0 Å². The molecule has 4 nitrogen and oxygen atoms in total. The van der Waals surface area contributed by atoms with Gasteiger partial charge in [-0.15, -0.1) is 21.8 Å². The minimum Gasteiger partial charge on any atom is -0.461 e. The van der Waals surface area contributed by atoms with Crippen LogP contribution >= 0.6 is 69.6 Å². The quantitative estimate of drug-likeness (QED) is 0.279. The number of esters is 1. The van der Waals surface area contributed by atoms with Crippen molar-refractivity contribution in [3.05, 3.63) is 27.2 Å². The lowest BCUT2D eigenvalue weighted by Gasteiger charge is -2.11. The van der Waals surface area contributed by atoms with Crippen LogP contribution in [0.3, 0.4) is 0 Å². The molecule has 1 aromatic rings. The third-order valence-corrected chi connectivity index (χ3v) is 3.22. The number of benzene rings is 1. The molecule has 0 aliphatic carbocycles. The SMILES string of the molecule is O=C(OCCCl)C(Cl)(Cl)/N=N/c1c(Cl)cc(Cl)cc1Cl. The Morgan fingerprint density at radius 2 is 1.75 bits per heavy atom. The maximum absolute atomic E-state index is 11.5. The lowest BCUT2D eigenvalue weighted by molar-refractivity contribution is -0.143. The number of alkyl halides is 3. The van der Waals surface area contributed by atoms with Gasteiger partial charge < -0.3 is 4.74 Å². The van der Waals surface area contributed by atoms with Gasteiger partial charge >= 0.3 is 10.4 Å². The van der Waals surface area contributed by atoms with Crippen molar-refractivity contribution in [3.63, 3.8) is 0 Å². The first kappa shape index (κ1) is 18.1. The van der Waals surface area contributed by atoms with Gasteiger partial charge in [-0.05, 0) is 12.1 Å². The number of ether oxygens (including phenoxy) is 1. The van der Waals surface area contributed by atoms with E-state index in [1.54, 1.807) is 0 Å². The van der Waals surface area contributed by atoms with Crippen molar-refractivity contribution < 1.29 is 9.53 Å². The summed E-state index contributed by atoms with van der Waals surface area (Å²) in [5.74, 6) is -0.909. The van der Waals surface area contributed by atoms with Crippen LogP contribution in [0.5, 0.6) is 0 Å². The molecule has 0 atom stereocenters. The molecule has 10 heteroatoms. The van der Waals surface area contributed by atoms with E-state index < -0.39 is 10.4 Å². The summed E-state index contributed by atoms with van der Waals surface area (Å²) in [5.41, 5.74) is 0.0774. The van der Waals surface area contributed by atoms with Crippen molar-refractivity contribution >= 4 is 81.3 Å². The Bertz CT molecular complexity index is 511. The fourth-order valence-corrected chi connectivity index (χ4v) is 2.16. The molecule has 0 unspecified atom stereocenters. The lowest BCUT2D eigenvalue weighted by Crippen LogP contribution is -2.26.